The molecule has 0 unspecified atom stereocenters. The Labute approximate surface area is 202 Å². The summed E-state index contributed by atoms with van der Waals surface area (Å²) in [5.41, 5.74) is 5.59. The lowest BCUT2D eigenvalue weighted by atomic mass is 10.0. The molecule has 4 rings (SSSR count). The van der Waals surface area contributed by atoms with E-state index < -0.39 is 0 Å². The lowest BCUT2D eigenvalue weighted by Gasteiger charge is -2.06. The molecular weight excluding hydrogens is 456 g/mol. The minimum atomic E-state index is -0.121. The fraction of sp³-hybridized carbons (Fsp3) is 0.240. The molecule has 0 bridgehead atoms. The summed E-state index contributed by atoms with van der Waals surface area (Å²) in [4.78, 5) is 17.1. The zero-order valence-corrected chi connectivity index (χ0v) is 20.3. The molecule has 8 heteroatoms. The molecule has 0 aliphatic rings. The van der Waals surface area contributed by atoms with Crippen molar-refractivity contribution in [3.05, 3.63) is 87.1 Å². The van der Waals surface area contributed by atoms with Crippen molar-refractivity contribution in [2.45, 2.75) is 33.6 Å². The number of benzene rings is 2. The van der Waals surface area contributed by atoms with Crippen LogP contribution in [0, 0.1) is 13.8 Å². The van der Waals surface area contributed by atoms with Crippen molar-refractivity contribution in [2.75, 3.05) is 11.9 Å². The van der Waals surface area contributed by atoms with Crippen molar-refractivity contribution >= 4 is 34.5 Å². The SMILES string of the molecule is CCOc1ccc(NC(=O)Cc2csc(-n3nc(C)c(Cc4ccccc4Cl)c3C)n2)cc1. The Morgan fingerprint density at radius 3 is 2.64 bits per heavy atom. The van der Waals surface area contributed by atoms with Crippen LogP contribution in [0.1, 0.15) is 35.1 Å². The van der Waals surface area contributed by atoms with Gasteiger partial charge in [-0.25, -0.2) is 9.67 Å². The number of halogens is 1. The maximum atomic E-state index is 12.5. The monoisotopic (exact) mass is 480 g/mol. The number of aryl methyl sites for hydroxylation is 1. The number of carbonyl (C=O) groups is 1. The third kappa shape index (κ3) is 5.43. The van der Waals surface area contributed by atoms with Gasteiger partial charge in [-0.1, -0.05) is 29.8 Å². The number of aromatic nitrogens is 3. The molecule has 1 N–H and O–H groups in total. The van der Waals surface area contributed by atoms with E-state index >= 15 is 0 Å². The first-order valence-electron chi connectivity index (χ1n) is 10.7. The predicted octanol–water partition coefficient (Wildman–Crippen LogP) is 5.77. The summed E-state index contributed by atoms with van der Waals surface area (Å²) in [6.45, 7) is 6.57. The predicted molar refractivity (Wildman–Crippen MR) is 133 cm³/mol. The summed E-state index contributed by atoms with van der Waals surface area (Å²) in [6, 6.07) is 15.2. The number of nitrogens with zero attached hydrogens (tertiary/aromatic N) is 3. The van der Waals surface area contributed by atoms with E-state index in [1.807, 2.05) is 79.4 Å². The van der Waals surface area contributed by atoms with E-state index in [-0.39, 0.29) is 12.3 Å². The molecule has 33 heavy (non-hydrogen) atoms. The number of carbonyl (C=O) groups excluding carboxylic acids is 1. The lowest BCUT2D eigenvalue weighted by Crippen LogP contribution is -2.14. The van der Waals surface area contributed by atoms with Gasteiger partial charge < -0.3 is 10.1 Å². The molecule has 2 aromatic heterocycles. The molecule has 1 amide bonds. The van der Waals surface area contributed by atoms with E-state index in [2.05, 4.69) is 10.3 Å². The maximum Gasteiger partial charge on any atom is 0.230 e. The quantitative estimate of drug-likeness (QED) is 0.347. The number of anilines is 1. The summed E-state index contributed by atoms with van der Waals surface area (Å²) in [6.07, 6.45) is 0.898. The van der Waals surface area contributed by atoms with Crippen molar-refractivity contribution in [2.24, 2.45) is 0 Å². The zero-order valence-electron chi connectivity index (χ0n) is 18.8. The first-order valence-corrected chi connectivity index (χ1v) is 12.0. The normalized spacial score (nSPS) is 10.9. The molecule has 0 aliphatic carbocycles. The Morgan fingerprint density at radius 2 is 1.91 bits per heavy atom. The number of hydrogen-bond acceptors (Lipinski definition) is 5. The molecule has 0 spiro atoms. The number of nitrogens with one attached hydrogen (secondary N) is 1. The first kappa shape index (κ1) is 23.0. The minimum absolute atomic E-state index is 0.121. The number of ether oxygens (including phenoxy) is 1. The van der Waals surface area contributed by atoms with E-state index in [1.165, 1.54) is 11.3 Å². The number of thiazole rings is 1. The van der Waals surface area contributed by atoms with Gasteiger partial charge in [-0.2, -0.15) is 5.10 Å². The number of rotatable bonds is 8. The highest BCUT2D eigenvalue weighted by Gasteiger charge is 2.17. The summed E-state index contributed by atoms with van der Waals surface area (Å²) in [7, 11) is 0. The number of amides is 1. The third-order valence-corrected chi connectivity index (χ3v) is 6.51. The largest absolute Gasteiger partial charge is 0.494 e. The summed E-state index contributed by atoms with van der Waals surface area (Å²) in [5.74, 6) is 0.655. The molecule has 0 saturated heterocycles. The molecule has 2 aromatic carbocycles. The molecule has 0 radical (unpaired) electrons. The highest BCUT2D eigenvalue weighted by molar-refractivity contribution is 7.12. The van der Waals surface area contributed by atoms with Crippen LogP contribution in [-0.4, -0.2) is 27.3 Å². The third-order valence-electron chi connectivity index (χ3n) is 5.28. The van der Waals surface area contributed by atoms with Crippen LogP contribution in [0.4, 0.5) is 5.69 Å². The molecule has 6 nitrogen and oxygen atoms in total. The van der Waals surface area contributed by atoms with Crippen molar-refractivity contribution < 1.29 is 9.53 Å². The standard InChI is InChI=1S/C25H25ClN4O2S/c1-4-32-21-11-9-19(10-12-21)27-24(31)14-20-15-33-25(28-20)30-17(3)22(16(2)29-30)13-18-7-5-6-8-23(18)26/h5-12,15H,4,13-14H2,1-3H3,(H,27,31). The Bertz CT molecular complexity index is 1260. The Hall–Kier alpha value is -3.16. The molecule has 0 fully saturated rings. The molecule has 4 aromatic rings. The maximum absolute atomic E-state index is 12.5. The Kier molecular flexibility index (Phi) is 7.11. The fourth-order valence-corrected chi connectivity index (χ4v) is 4.62. The van der Waals surface area contributed by atoms with Gasteiger partial charge in [-0.05, 0) is 56.7 Å². The van der Waals surface area contributed by atoms with E-state index in [0.717, 1.165) is 44.1 Å². The highest BCUT2D eigenvalue weighted by atomic mass is 35.5. The highest BCUT2D eigenvalue weighted by Crippen LogP contribution is 2.26. The molecule has 0 atom stereocenters. The molecule has 0 aliphatic heterocycles. The van der Waals surface area contributed by atoms with Gasteiger partial charge in [0.1, 0.15) is 5.75 Å². The van der Waals surface area contributed by atoms with E-state index in [9.17, 15) is 4.79 Å². The van der Waals surface area contributed by atoms with Crippen molar-refractivity contribution in [1.82, 2.24) is 14.8 Å². The van der Waals surface area contributed by atoms with E-state index in [4.69, 9.17) is 21.4 Å². The van der Waals surface area contributed by atoms with Crippen LogP contribution >= 0.6 is 22.9 Å². The molecule has 2 heterocycles. The van der Waals surface area contributed by atoms with Crippen LogP contribution in [0.2, 0.25) is 5.02 Å². The zero-order chi connectivity index (χ0) is 23.4. The minimum Gasteiger partial charge on any atom is -0.494 e. The topological polar surface area (TPSA) is 69.0 Å². The first-order chi connectivity index (χ1) is 15.9. The second-order valence-corrected chi connectivity index (χ2v) is 8.88. The van der Waals surface area contributed by atoms with Crippen LogP contribution < -0.4 is 10.1 Å². The van der Waals surface area contributed by atoms with Crippen molar-refractivity contribution in [1.29, 1.82) is 0 Å². The van der Waals surface area contributed by atoms with Gasteiger partial charge in [0.05, 0.1) is 24.4 Å². The Morgan fingerprint density at radius 1 is 1.15 bits per heavy atom. The van der Waals surface area contributed by atoms with Crippen molar-refractivity contribution in [3.63, 3.8) is 0 Å². The average molecular weight is 481 g/mol. The van der Waals surface area contributed by atoms with Gasteiger partial charge in [-0.3, -0.25) is 4.79 Å². The smallest absolute Gasteiger partial charge is 0.230 e. The number of hydrogen-bond donors (Lipinski definition) is 1. The van der Waals surface area contributed by atoms with Gasteiger partial charge >= 0.3 is 0 Å². The molecular formula is C25H25ClN4O2S. The van der Waals surface area contributed by atoms with Gasteiger partial charge in [0.2, 0.25) is 11.0 Å². The van der Waals surface area contributed by atoms with Crippen LogP contribution in [0.3, 0.4) is 0 Å². The van der Waals surface area contributed by atoms with Gasteiger partial charge in [0.15, 0.2) is 0 Å². The van der Waals surface area contributed by atoms with E-state index in [0.29, 0.717) is 18.7 Å². The average Bonchev–Trinajstić information content (AvgIpc) is 3.36. The Balaban J connectivity index is 1.45. The fourth-order valence-electron chi connectivity index (χ4n) is 3.59. The second kappa shape index (κ2) is 10.2. The molecule has 0 saturated carbocycles. The van der Waals surface area contributed by atoms with Crippen LogP contribution in [0.5, 0.6) is 5.75 Å². The lowest BCUT2D eigenvalue weighted by molar-refractivity contribution is -0.115. The second-order valence-electron chi connectivity index (χ2n) is 7.63. The van der Waals surface area contributed by atoms with Gasteiger partial charge in [0.25, 0.3) is 0 Å². The summed E-state index contributed by atoms with van der Waals surface area (Å²) < 4.78 is 7.28. The molecule has 170 valence electrons. The van der Waals surface area contributed by atoms with Crippen LogP contribution in [0.15, 0.2) is 53.9 Å². The van der Waals surface area contributed by atoms with Gasteiger partial charge in [0, 0.05) is 33.8 Å². The summed E-state index contributed by atoms with van der Waals surface area (Å²) in [5, 5.41) is 11.0. The van der Waals surface area contributed by atoms with E-state index in [1.54, 1.807) is 0 Å². The van der Waals surface area contributed by atoms with Crippen LogP contribution in [0.25, 0.3) is 5.13 Å². The van der Waals surface area contributed by atoms with Crippen molar-refractivity contribution in [3.8, 4) is 10.9 Å². The van der Waals surface area contributed by atoms with Crippen LogP contribution in [-0.2, 0) is 17.6 Å². The summed E-state index contributed by atoms with van der Waals surface area (Å²) >= 11 is 7.82. The van der Waals surface area contributed by atoms with Gasteiger partial charge in [-0.15, -0.1) is 11.3 Å².